The number of thioether (sulfide) groups is 1. The van der Waals surface area contributed by atoms with E-state index in [0.717, 1.165) is 18.2 Å². The lowest BCUT2D eigenvalue weighted by Gasteiger charge is -2.34. The first-order valence-corrected chi connectivity index (χ1v) is 8.68. The van der Waals surface area contributed by atoms with Crippen molar-refractivity contribution in [2.24, 2.45) is 5.73 Å². The van der Waals surface area contributed by atoms with Crippen LogP contribution < -0.4 is 10.6 Å². The van der Waals surface area contributed by atoms with Crippen LogP contribution in [0.2, 0.25) is 0 Å². The van der Waals surface area contributed by atoms with Gasteiger partial charge in [-0.05, 0) is 0 Å². The number of rotatable bonds is 2. The molecule has 0 spiro atoms. The Labute approximate surface area is 125 Å². The van der Waals surface area contributed by atoms with Crippen LogP contribution in [0, 0.1) is 0 Å². The highest BCUT2D eigenvalue weighted by molar-refractivity contribution is 8.00. The molecule has 1 saturated heterocycles. The average Bonchev–Trinajstić information content (AvgIpc) is 2.71. The van der Waals surface area contributed by atoms with Gasteiger partial charge >= 0.3 is 0 Å². The zero-order valence-corrected chi connectivity index (χ0v) is 14.2. The Bertz CT molecular complexity index is 426. The van der Waals surface area contributed by atoms with Crippen LogP contribution in [0.3, 0.4) is 0 Å². The Morgan fingerprint density at radius 2 is 1.84 bits per heavy atom. The van der Waals surface area contributed by atoms with Crippen LogP contribution in [-0.2, 0) is 12.0 Å². The third kappa shape index (κ3) is 3.44. The molecule has 1 aliphatic heterocycles. The van der Waals surface area contributed by atoms with Crippen LogP contribution in [0.5, 0.6) is 0 Å². The van der Waals surface area contributed by atoms with Gasteiger partial charge in [0.1, 0.15) is 0 Å². The van der Waals surface area contributed by atoms with E-state index in [0.29, 0.717) is 17.0 Å². The number of nitrogens with two attached hydrogens (primary N) is 1. The summed E-state index contributed by atoms with van der Waals surface area (Å²) in [5, 5.41) is 2.50. The summed E-state index contributed by atoms with van der Waals surface area (Å²) in [5.41, 5.74) is 7.14. The summed E-state index contributed by atoms with van der Waals surface area (Å²) in [6.07, 6.45) is 0. The van der Waals surface area contributed by atoms with Gasteiger partial charge in [-0.2, -0.15) is 11.8 Å². The minimum atomic E-state index is 0.0746. The highest BCUT2D eigenvalue weighted by atomic mass is 32.2. The van der Waals surface area contributed by atoms with E-state index in [4.69, 9.17) is 10.7 Å². The predicted molar refractivity (Wildman–Crippen MR) is 87.4 cm³/mol. The monoisotopic (exact) mass is 299 g/mol. The van der Waals surface area contributed by atoms with E-state index in [1.807, 2.05) is 0 Å². The molecule has 0 aliphatic carbocycles. The predicted octanol–water partition coefficient (Wildman–Crippen LogP) is 3.23. The van der Waals surface area contributed by atoms with Crippen molar-refractivity contribution in [1.29, 1.82) is 0 Å². The van der Waals surface area contributed by atoms with Gasteiger partial charge in [-0.15, -0.1) is 11.3 Å². The molecular weight excluding hydrogens is 274 g/mol. The molecule has 1 aromatic rings. The van der Waals surface area contributed by atoms with Gasteiger partial charge in [0.05, 0.1) is 5.69 Å². The van der Waals surface area contributed by atoms with Crippen LogP contribution >= 0.6 is 23.1 Å². The first-order valence-electron chi connectivity index (χ1n) is 6.92. The van der Waals surface area contributed by atoms with E-state index < -0.39 is 0 Å². The molecule has 2 atom stereocenters. The second kappa shape index (κ2) is 5.62. The molecule has 0 radical (unpaired) electrons. The fourth-order valence-electron chi connectivity index (χ4n) is 2.53. The molecule has 19 heavy (non-hydrogen) atoms. The normalized spacial score (nSPS) is 24.8. The first-order chi connectivity index (χ1) is 8.81. The number of nitrogens with zero attached hydrogens (tertiary/aromatic N) is 2. The van der Waals surface area contributed by atoms with E-state index in [2.05, 4.69) is 51.3 Å². The minimum Gasteiger partial charge on any atom is -0.346 e. The Hall–Kier alpha value is -0.260. The number of hydrogen-bond donors (Lipinski definition) is 1. The molecule has 1 fully saturated rings. The van der Waals surface area contributed by atoms with Crippen LogP contribution in [0.15, 0.2) is 0 Å². The molecule has 0 saturated carbocycles. The molecule has 108 valence electrons. The van der Waals surface area contributed by atoms with Crippen molar-refractivity contribution in [3.05, 3.63) is 10.6 Å². The quantitative estimate of drug-likeness (QED) is 0.910. The SMILES string of the molecule is CC1CN(c2nc(C(C)(C)C)c(CN)s2)CC(C)S1. The molecule has 0 amide bonds. The van der Waals surface area contributed by atoms with Crippen molar-refractivity contribution in [3.63, 3.8) is 0 Å². The van der Waals surface area contributed by atoms with Crippen molar-refractivity contribution < 1.29 is 0 Å². The first kappa shape index (κ1) is 15.1. The second-order valence-corrected chi connectivity index (χ2v) is 9.33. The van der Waals surface area contributed by atoms with E-state index in [-0.39, 0.29) is 5.41 Å². The number of hydrogen-bond acceptors (Lipinski definition) is 5. The second-order valence-electron chi connectivity index (χ2n) is 6.38. The van der Waals surface area contributed by atoms with Crippen LogP contribution in [-0.4, -0.2) is 28.6 Å². The molecular formula is C14H25N3S2. The highest BCUT2D eigenvalue weighted by Crippen LogP contribution is 2.36. The van der Waals surface area contributed by atoms with Gasteiger partial charge in [0.2, 0.25) is 0 Å². The third-order valence-corrected chi connectivity index (χ3v) is 5.64. The summed E-state index contributed by atoms with van der Waals surface area (Å²) >= 11 is 3.85. The lowest BCUT2D eigenvalue weighted by atomic mass is 9.91. The third-order valence-electron chi connectivity index (χ3n) is 3.27. The number of aromatic nitrogens is 1. The van der Waals surface area contributed by atoms with Crippen LogP contribution in [0.1, 0.15) is 45.2 Å². The number of thiazole rings is 1. The van der Waals surface area contributed by atoms with Crippen molar-refractivity contribution in [2.45, 2.75) is 57.1 Å². The molecule has 2 unspecified atom stereocenters. The topological polar surface area (TPSA) is 42.2 Å². The zero-order valence-electron chi connectivity index (χ0n) is 12.6. The summed E-state index contributed by atoms with van der Waals surface area (Å²) in [5.74, 6) is 0. The fourth-order valence-corrected chi connectivity index (χ4v) is 5.03. The maximum atomic E-state index is 5.89. The fraction of sp³-hybridized carbons (Fsp3) is 0.786. The summed E-state index contributed by atoms with van der Waals surface area (Å²) in [6, 6.07) is 0. The molecule has 5 heteroatoms. The molecule has 3 nitrogen and oxygen atoms in total. The van der Waals surface area contributed by atoms with Crippen molar-refractivity contribution >= 4 is 28.2 Å². The Kier molecular flexibility index (Phi) is 4.48. The maximum Gasteiger partial charge on any atom is 0.185 e. The van der Waals surface area contributed by atoms with Gasteiger partial charge < -0.3 is 10.6 Å². The van der Waals surface area contributed by atoms with Gasteiger partial charge in [-0.25, -0.2) is 4.98 Å². The Balaban J connectivity index is 2.28. The van der Waals surface area contributed by atoms with E-state index >= 15 is 0 Å². The van der Waals surface area contributed by atoms with Crippen LogP contribution in [0.25, 0.3) is 0 Å². The molecule has 2 rings (SSSR count). The van der Waals surface area contributed by atoms with Gasteiger partial charge in [-0.3, -0.25) is 0 Å². The molecule has 1 aliphatic rings. The summed E-state index contributed by atoms with van der Waals surface area (Å²) in [4.78, 5) is 8.57. The van der Waals surface area contributed by atoms with Gasteiger partial charge in [-0.1, -0.05) is 34.6 Å². The zero-order chi connectivity index (χ0) is 14.2. The minimum absolute atomic E-state index is 0.0746. The summed E-state index contributed by atoms with van der Waals surface area (Å²) < 4.78 is 0. The molecule has 2 heterocycles. The highest BCUT2D eigenvalue weighted by Gasteiger charge is 2.28. The Morgan fingerprint density at radius 1 is 1.26 bits per heavy atom. The van der Waals surface area contributed by atoms with Crippen molar-refractivity contribution in [1.82, 2.24) is 4.98 Å². The average molecular weight is 300 g/mol. The largest absolute Gasteiger partial charge is 0.346 e. The standard InChI is InChI=1S/C14H25N3S2/c1-9-7-17(8-10(2)18-9)13-16-12(14(3,4)5)11(6-15)19-13/h9-10H,6-8,15H2,1-5H3. The van der Waals surface area contributed by atoms with Crippen molar-refractivity contribution in [2.75, 3.05) is 18.0 Å². The van der Waals surface area contributed by atoms with Gasteiger partial charge in [0, 0.05) is 40.4 Å². The Morgan fingerprint density at radius 3 is 2.26 bits per heavy atom. The van der Waals surface area contributed by atoms with Crippen molar-refractivity contribution in [3.8, 4) is 0 Å². The molecule has 0 aromatic carbocycles. The molecule has 2 N–H and O–H groups in total. The van der Waals surface area contributed by atoms with Crippen LogP contribution in [0.4, 0.5) is 5.13 Å². The van der Waals surface area contributed by atoms with E-state index in [9.17, 15) is 0 Å². The molecule has 1 aromatic heterocycles. The van der Waals surface area contributed by atoms with Gasteiger partial charge in [0.15, 0.2) is 5.13 Å². The summed E-state index contributed by atoms with van der Waals surface area (Å²) in [7, 11) is 0. The summed E-state index contributed by atoms with van der Waals surface area (Å²) in [6.45, 7) is 14.0. The number of anilines is 1. The lowest BCUT2D eigenvalue weighted by molar-refractivity contribution is 0.565. The van der Waals surface area contributed by atoms with Gasteiger partial charge in [0.25, 0.3) is 0 Å². The lowest BCUT2D eigenvalue weighted by Crippen LogP contribution is -2.40. The van der Waals surface area contributed by atoms with E-state index in [1.54, 1.807) is 11.3 Å². The smallest absolute Gasteiger partial charge is 0.185 e. The molecule has 0 bridgehead atoms. The van der Waals surface area contributed by atoms with E-state index in [1.165, 1.54) is 10.6 Å². The maximum absolute atomic E-state index is 5.89.